The molecule has 9 heteroatoms. The highest BCUT2D eigenvalue weighted by atomic mass is 35.7. The van der Waals surface area contributed by atoms with Gasteiger partial charge in [0, 0.05) is 10.7 Å². The van der Waals surface area contributed by atoms with E-state index in [1.807, 2.05) is 0 Å². The molecule has 0 aliphatic carbocycles. The average Bonchev–Trinajstić information content (AvgIpc) is 2.23. The summed E-state index contributed by atoms with van der Waals surface area (Å²) < 4.78 is 76.2. The van der Waals surface area contributed by atoms with E-state index < -0.39 is 26.6 Å². The topological polar surface area (TPSA) is 43.4 Å². The molecular formula is C10H9ClF4O3S. The number of ether oxygens (including phenoxy) is 1. The van der Waals surface area contributed by atoms with Gasteiger partial charge in [0.1, 0.15) is 11.6 Å². The van der Waals surface area contributed by atoms with Crippen LogP contribution in [0, 0.1) is 5.82 Å². The van der Waals surface area contributed by atoms with Gasteiger partial charge in [-0.15, -0.1) is 0 Å². The fourth-order valence-corrected chi connectivity index (χ4v) is 2.02. The average molecular weight is 321 g/mol. The van der Waals surface area contributed by atoms with E-state index in [-0.39, 0.29) is 24.5 Å². The lowest BCUT2D eigenvalue weighted by Gasteiger charge is -2.11. The van der Waals surface area contributed by atoms with Crippen molar-refractivity contribution >= 4 is 19.7 Å². The van der Waals surface area contributed by atoms with Gasteiger partial charge in [0.2, 0.25) is 9.05 Å². The van der Waals surface area contributed by atoms with Crippen LogP contribution in [0.4, 0.5) is 17.6 Å². The number of hydrogen-bond donors (Lipinski definition) is 0. The SMILES string of the molecule is O=S(=O)(Cl)CCCOc1ccc(F)c(C(F)(F)F)c1. The minimum Gasteiger partial charge on any atom is -0.494 e. The summed E-state index contributed by atoms with van der Waals surface area (Å²) in [7, 11) is 1.27. The van der Waals surface area contributed by atoms with Crippen LogP contribution in [0.15, 0.2) is 18.2 Å². The molecule has 0 aromatic heterocycles. The van der Waals surface area contributed by atoms with E-state index in [0.717, 1.165) is 6.07 Å². The molecule has 0 radical (unpaired) electrons. The van der Waals surface area contributed by atoms with E-state index >= 15 is 0 Å². The van der Waals surface area contributed by atoms with Crippen LogP contribution in [-0.2, 0) is 15.2 Å². The third-order valence-electron chi connectivity index (χ3n) is 2.04. The van der Waals surface area contributed by atoms with Crippen LogP contribution in [0.3, 0.4) is 0 Å². The van der Waals surface area contributed by atoms with Crippen molar-refractivity contribution in [2.24, 2.45) is 0 Å². The van der Waals surface area contributed by atoms with Crippen LogP contribution in [0.25, 0.3) is 0 Å². The maximum atomic E-state index is 12.9. The molecule has 1 rings (SSSR count). The molecule has 0 aliphatic rings. The lowest BCUT2D eigenvalue weighted by Crippen LogP contribution is -2.09. The van der Waals surface area contributed by atoms with Crippen molar-refractivity contribution in [3.05, 3.63) is 29.6 Å². The zero-order chi connectivity index (χ0) is 14.7. The normalized spacial score (nSPS) is 12.5. The first-order chi connectivity index (χ1) is 8.59. The Kier molecular flexibility index (Phi) is 5.03. The van der Waals surface area contributed by atoms with Crippen molar-refractivity contribution in [2.45, 2.75) is 12.6 Å². The van der Waals surface area contributed by atoms with Crippen LogP contribution in [0.2, 0.25) is 0 Å². The van der Waals surface area contributed by atoms with Gasteiger partial charge >= 0.3 is 6.18 Å². The van der Waals surface area contributed by atoms with Crippen LogP contribution in [-0.4, -0.2) is 20.8 Å². The summed E-state index contributed by atoms with van der Waals surface area (Å²) in [5, 5.41) is 0. The molecule has 0 fully saturated rings. The fraction of sp³-hybridized carbons (Fsp3) is 0.400. The van der Waals surface area contributed by atoms with E-state index in [1.54, 1.807) is 0 Å². The van der Waals surface area contributed by atoms with Gasteiger partial charge in [-0.25, -0.2) is 12.8 Å². The third kappa shape index (κ3) is 5.65. The van der Waals surface area contributed by atoms with Gasteiger partial charge in [-0.05, 0) is 24.6 Å². The lowest BCUT2D eigenvalue weighted by molar-refractivity contribution is -0.140. The maximum absolute atomic E-state index is 12.9. The Morgan fingerprint density at radius 2 is 1.89 bits per heavy atom. The van der Waals surface area contributed by atoms with Crippen molar-refractivity contribution < 1.29 is 30.7 Å². The minimum absolute atomic E-state index is 0.0184. The first-order valence-electron chi connectivity index (χ1n) is 5.01. The third-order valence-corrected chi connectivity index (χ3v) is 3.28. The van der Waals surface area contributed by atoms with Crippen LogP contribution in [0.5, 0.6) is 5.75 Å². The molecule has 1 aromatic carbocycles. The summed E-state index contributed by atoms with van der Waals surface area (Å²) in [6.45, 7) is -0.144. The van der Waals surface area contributed by atoms with Gasteiger partial charge in [0.25, 0.3) is 0 Å². The highest BCUT2D eigenvalue weighted by Crippen LogP contribution is 2.33. The number of halogens is 5. The second-order valence-corrected chi connectivity index (χ2v) is 6.48. The molecule has 0 unspecified atom stereocenters. The van der Waals surface area contributed by atoms with E-state index in [2.05, 4.69) is 0 Å². The summed E-state index contributed by atoms with van der Waals surface area (Å²) in [5.74, 6) is -1.95. The zero-order valence-electron chi connectivity index (χ0n) is 9.38. The maximum Gasteiger partial charge on any atom is 0.419 e. The Morgan fingerprint density at radius 3 is 2.42 bits per heavy atom. The summed E-state index contributed by atoms with van der Waals surface area (Å²) in [6, 6.07) is 2.18. The van der Waals surface area contributed by atoms with E-state index in [1.165, 1.54) is 0 Å². The molecule has 0 saturated carbocycles. The second kappa shape index (κ2) is 5.96. The minimum atomic E-state index is -4.82. The molecule has 0 atom stereocenters. The molecule has 0 saturated heterocycles. The standard InChI is InChI=1S/C10H9ClF4O3S/c11-19(16,17)5-1-4-18-7-2-3-9(12)8(6-7)10(13,14)15/h2-3,6H,1,4-5H2. The van der Waals surface area contributed by atoms with Crippen LogP contribution < -0.4 is 4.74 Å². The van der Waals surface area contributed by atoms with Crippen molar-refractivity contribution in [1.29, 1.82) is 0 Å². The Balaban J connectivity index is 2.66. The molecule has 0 aliphatic heterocycles. The largest absolute Gasteiger partial charge is 0.494 e. The molecule has 108 valence electrons. The summed E-state index contributed by atoms with van der Waals surface area (Å²) >= 11 is 0. The molecule has 0 bridgehead atoms. The predicted molar refractivity (Wildman–Crippen MR) is 61.2 cm³/mol. The second-order valence-electron chi connectivity index (χ2n) is 3.58. The van der Waals surface area contributed by atoms with Gasteiger partial charge in [0.05, 0.1) is 17.9 Å². The predicted octanol–water partition coefficient (Wildman–Crippen LogP) is 3.18. The summed E-state index contributed by atoms with van der Waals surface area (Å²) in [4.78, 5) is 0. The number of hydrogen-bond acceptors (Lipinski definition) is 3. The molecule has 0 N–H and O–H groups in total. The Bertz CT molecular complexity index is 542. The molecular weight excluding hydrogens is 312 g/mol. The smallest absolute Gasteiger partial charge is 0.419 e. The quantitative estimate of drug-likeness (QED) is 0.475. The highest BCUT2D eigenvalue weighted by Gasteiger charge is 2.34. The molecule has 0 spiro atoms. The van der Waals surface area contributed by atoms with E-state index in [0.29, 0.717) is 12.1 Å². The van der Waals surface area contributed by atoms with Gasteiger partial charge in [-0.2, -0.15) is 13.2 Å². The monoisotopic (exact) mass is 320 g/mol. The summed E-state index contributed by atoms with van der Waals surface area (Å²) in [6.07, 6.45) is -4.80. The van der Waals surface area contributed by atoms with Gasteiger partial charge in [-0.3, -0.25) is 0 Å². The number of benzene rings is 1. The van der Waals surface area contributed by atoms with Crippen molar-refractivity contribution in [2.75, 3.05) is 12.4 Å². The first-order valence-corrected chi connectivity index (χ1v) is 7.49. The van der Waals surface area contributed by atoms with Gasteiger partial charge < -0.3 is 4.74 Å². The van der Waals surface area contributed by atoms with Crippen molar-refractivity contribution in [1.82, 2.24) is 0 Å². The fourth-order valence-electron chi connectivity index (χ4n) is 1.23. The van der Waals surface area contributed by atoms with Crippen molar-refractivity contribution in [3.63, 3.8) is 0 Å². The lowest BCUT2D eigenvalue weighted by atomic mass is 10.2. The Labute approximate surface area is 111 Å². The Hall–Kier alpha value is -1.02. The zero-order valence-corrected chi connectivity index (χ0v) is 10.9. The van der Waals surface area contributed by atoms with Crippen molar-refractivity contribution in [3.8, 4) is 5.75 Å². The number of alkyl halides is 3. The summed E-state index contributed by atoms with van der Waals surface area (Å²) in [5.41, 5.74) is -1.44. The van der Waals surface area contributed by atoms with Gasteiger partial charge in [-0.1, -0.05) is 0 Å². The molecule has 3 nitrogen and oxygen atoms in total. The molecule has 1 aromatic rings. The number of rotatable bonds is 5. The highest BCUT2D eigenvalue weighted by molar-refractivity contribution is 8.13. The van der Waals surface area contributed by atoms with E-state index in [4.69, 9.17) is 15.4 Å². The molecule has 0 heterocycles. The molecule has 0 amide bonds. The van der Waals surface area contributed by atoms with Crippen LogP contribution in [0.1, 0.15) is 12.0 Å². The van der Waals surface area contributed by atoms with Crippen LogP contribution >= 0.6 is 10.7 Å². The van der Waals surface area contributed by atoms with E-state index in [9.17, 15) is 26.0 Å². The Morgan fingerprint density at radius 1 is 1.26 bits per heavy atom. The molecule has 19 heavy (non-hydrogen) atoms. The first kappa shape index (κ1) is 16.0. The van der Waals surface area contributed by atoms with Gasteiger partial charge in [0.15, 0.2) is 0 Å².